The molecule has 0 aliphatic carbocycles. The normalized spacial score (nSPS) is 12.6. The van der Waals surface area contributed by atoms with Crippen molar-refractivity contribution in [2.75, 3.05) is 6.54 Å². The molecular weight excluding hydrogens is 208 g/mol. The molecule has 0 aliphatic rings. The Bertz CT molecular complexity index is 272. The van der Waals surface area contributed by atoms with Gasteiger partial charge in [-0.1, -0.05) is 45.1 Å². The topological polar surface area (TPSA) is 24.9 Å². The van der Waals surface area contributed by atoms with Gasteiger partial charge in [0.05, 0.1) is 0 Å². The molecule has 0 saturated carbocycles. The van der Waals surface area contributed by atoms with Crippen LogP contribution in [0.15, 0.2) is 24.5 Å². The third-order valence-electron chi connectivity index (χ3n) is 3.17. The summed E-state index contributed by atoms with van der Waals surface area (Å²) in [6.07, 6.45) is 11.9. The van der Waals surface area contributed by atoms with Crippen LogP contribution in [0.2, 0.25) is 0 Å². The molecule has 0 aliphatic heterocycles. The first-order chi connectivity index (χ1) is 8.34. The summed E-state index contributed by atoms with van der Waals surface area (Å²) in [5.41, 5.74) is 1.28. The van der Waals surface area contributed by atoms with Crippen molar-refractivity contribution in [1.29, 1.82) is 0 Å². The lowest BCUT2D eigenvalue weighted by atomic mass is 10.1. The van der Waals surface area contributed by atoms with Gasteiger partial charge in [0.1, 0.15) is 0 Å². The molecule has 1 atom stereocenters. The number of hydrogen-bond acceptors (Lipinski definition) is 2. The van der Waals surface area contributed by atoms with E-state index in [2.05, 4.69) is 30.2 Å². The summed E-state index contributed by atoms with van der Waals surface area (Å²) in [6, 6.07) is 4.55. The Morgan fingerprint density at radius 2 is 1.94 bits per heavy atom. The van der Waals surface area contributed by atoms with Gasteiger partial charge in [-0.3, -0.25) is 4.98 Å². The van der Waals surface area contributed by atoms with Crippen molar-refractivity contribution in [2.45, 2.75) is 58.4 Å². The second-order valence-corrected chi connectivity index (χ2v) is 4.73. The SMILES string of the molecule is CCCCCCCCNC(C)c1cccnc1. The van der Waals surface area contributed by atoms with E-state index in [0.29, 0.717) is 6.04 Å². The van der Waals surface area contributed by atoms with Gasteiger partial charge in [-0.25, -0.2) is 0 Å². The minimum absolute atomic E-state index is 0.416. The molecule has 0 radical (unpaired) electrons. The zero-order chi connectivity index (χ0) is 12.3. The first kappa shape index (κ1) is 14.2. The van der Waals surface area contributed by atoms with E-state index in [1.165, 1.54) is 44.1 Å². The highest BCUT2D eigenvalue weighted by Crippen LogP contribution is 2.10. The Morgan fingerprint density at radius 3 is 2.65 bits per heavy atom. The van der Waals surface area contributed by atoms with Crippen LogP contribution in [0.1, 0.15) is 64.0 Å². The predicted molar refractivity (Wildman–Crippen MR) is 74.0 cm³/mol. The van der Waals surface area contributed by atoms with Crippen LogP contribution in [0.4, 0.5) is 0 Å². The van der Waals surface area contributed by atoms with Crippen molar-refractivity contribution < 1.29 is 0 Å². The summed E-state index contributed by atoms with van der Waals surface area (Å²) >= 11 is 0. The Morgan fingerprint density at radius 1 is 1.18 bits per heavy atom. The molecule has 1 rings (SSSR count). The van der Waals surface area contributed by atoms with Crippen LogP contribution in [-0.4, -0.2) is 11.5 Å². The third-order valence-corrected chi connectivity index (χ3v) is 3.17. The molecule has 96 valence electrons. The van der Waals surface area contributed by atoms with Crippen molar-refractivity contribution in [3.8, 4) is 0 Å². The molecule has 1 aromatic rings. The number of pyridine rings is 1. The number of rotatable bonds is 9. The van der Waals surface area contributed by atoms with Crippen molar-refractivity contribution in [3.05, 3.63) is 30.1 Å². The van der Waals surface area contributed by atoms with E-state index in [0.717, 1.165) is 6.54 Å². The molecule has 2 heteroatoms. The fourth-order valence-corrected chi connectivity index (χ4v) is 1.97. The molecule has 1 aromatic heterocycles. The molecule has 1 N–H and O–H groups in total. The van der Waals surface area contributed by atoms with Gasteiger partial charge in [0.15, 0.2) is 0 Å². The number of nitrogens with one attached hydrogen (secondary N) is 1. The second-order valence-electron chi connectivity index (χ2n) is 4.73. The molecular formula is C15H26N2. The van der Waals surface area contributed by atoms with E-state index in [1.807, 2.05) is 18.5 Å². The summed E-state index contributed by atoms with van der Waals surface area (Å²) < 4.78 is 0. The number of hydrogen-bond donors (Lipinski definition) is 1. The zero-order valence-corrected chi connectivity index (χ0v) is 11.3. The fourth-order valence-electron chi connectivity index (χ4n) is 1.97. The molecule has 0 saturated heterocycles. The van der Waals surface area contributed by atoms with Gasteiger partial charge >= 0.3 is 0 Å². The second kappa shape index (κ2) is 9.17. The summed E-state index contributed by atoms with van der Waals surface area (Å²) in [5, 5.41) is 3.55. The van der Waals surface area contributed by atoms with Crippen LogP contribution in [-0.2, 0) is 0 Å². The first-order valence-electron chi connectivity index (χ1n) is 6.98. The van der Waals surface area contributed by atoms with Crippen LogP contribution >= 0.6 is 0 Å². The third kappa shape index (κ3) is 6.42. The van der Waals surface area contributed by atoms with Gasteiger partial charge in [-0.15, -0.1) is 0 Å². The van der Waals surface area contributed by atoms with Crippen LogP contribution in [0.25, 0.3) is 0 Å². The van der Waals surface area contributed by atoms with Crippen LogP contribution in [0.5, 0.6) is 0 Å². The van der Waals surface area contributed by atoms with Gasteiger partial charge in [0.25, 0.3) is 0 Å². The van der Waals surface area contributed by atoms with Gasteiger partial charge in [0, 0.05) is 18.4 Å². The molecule has 0 spiro atoms. The summed E-state index contributed by atoms with van der Waals surface area (Å²) in [6.45, 7) is 5.58. The molecule has 1 unspecified atom stereocenters. The van der Waals surface area contributed by atoms with E-state index in [4.69, 9.17) is 0 Å². The number of nitrogens with zero attached hydrogens (tertiary/aromatic N) is 1. The molecule has 0 amide bonds. The predicted octanol–water partition coefficient (Wildman–Crippen LogP) is 4.09. The lowest BCUT2D eigenvalue weighted by Gasteiger charge is -2.13. The Hall–Kier alpha value is -0.890. The van der Waals surface area contributed by atoms with E-state index in [-0.39, 0.29) is 0 Å². The standard InChI is InChI=1S/C15H26N2/c1-3-4-5-6-7-8-12-17-14(2)15-10-9-11-16-13-15/h9-11,13-14,17H,3-8,12H2,1-2H3. The Balaban J connectivity index is 2.03. The van der Waals surface area contributed by atoms with E-state index < -0.39 is 0 Å². The highest BCUT2D eigenvalue weighted by molar-refractivity contribution is 5.12. The molecule has 1 heterocycles. The number of aromatic nitrogens is 1. The average Bonchev–Trinajstić information content (AvgIpc) is 2.38. The van der Waals surface area contributed by atoms with Crippen LogP contribution < -0.4 is 5.32 Å². The highest BCUT2D eigenvalue weighted by Gasteiger charge is 2.02. The van der Waals surface area contributed by atoms with E-state index in [9.17, 15) is 0 Å². The van der Waals surface area contributed by atoms with Gasteiger partial charge in [-0.05, 0) is 31.5 Å². The Labute approximate surface area is 106 Å². The summed E-state index contributed by atoms with van der Waals surface area (Å²) in [7, 11) is 0. The zero-order valence-electron chi connectivity index (χ0n) is 11.3. The maximum absolute atomic E-state index is 4.14. The van der Waals surface area contributed by atoms with Crippen molar-refractivity contribution in [2.24, 2.45) is 0 Å². The van der Waals surface area contributed by atoms with E-state index >= 15 is 0 Å². The molecule has 0 aromatic carbocycles. The molecule has 17 heavy (non-hydrogen) atoms. The maximum atomic E-state index is 4.14. The minimum Gasteiger partial charge on any atom is -0.310 e. The Kier molecular flexibility index (Phi) is 7.65. The van der Waals surface area contributed by atoms with Crippen molar-refractivity contribution in [3.63, 3.8) is 0 Å². The quantitative estimate of drug-likeness (QED) is 0.651. The van der Waals surface area contributed by atoms with Gasteiger partial charge in [-0.2, -0.15) is 0 Å². The lowest BCUT2D eigenvalue weighted by Crippen LogP contribution is -2.19. The van der Waals surface area contributed by atoms with Crippen LogP contribution in [0, 0.1) is 0 Å². The highest BCUT2D eigenvalue weighted by atomic mass is 14.9. The largest absolute Gasteiger partial charge is 0.310 e. The average molecular weight is 234 g/mol. The molecule has 2 nitrogen and oxygen atoms in total. The van der Waals surface area contributed by atoms with Crippen molar-refractivity contribution >= 4 is 0 Å². The van der Waals surface area contributed by atoms with Gasteiger partial charge < -0.3 is 5.32 Å². The first-order valence-corrected chi connectivity index (χ1v) is 6.98. The minimum atomic E-state index is 0.416. The molecule has 0 bridgehead atoms. The maximum Gasteiger partial charge on any atom is 0.0315 e. The van der Waals surface area contributed by atoms with E-state index in [1.54, 1.807) is 0 Å². The monoisotopic (exact) mass is 234 g/mol. The number of unbranched alkanes of at least 4 members (excludes halogenated alkanes) is 5. The summed E-state index contributed by atoms with van der Waals surface area (Å²) in [5.74, 6) is 0. The molecule has 0 fully saturated rings. The van der Waals surface area contributed by atoms with Crippen LogP contribution in [0.3, 0.4) is 0 Å². The lowest BCUT2D eigenvalue weighted by molar-refractivity contribution is 0.526. The fraction of sp³-hybridized carbons (Fsp3) is 0.667. The van der Waals surface area contributed by atoms with Gasteiger partial charge in [0.2, 0.25) is 0 Å². The smallest absolute Gasteiger partial charge is 0.0315 e. The summed E-state index contributed by atoms with van der Waals surface area (Å²) in [4.78, 5) is 4.14. The van der Waals surface area contributed by atoms with Crippen molar-refractivity contribution in [1.82, 2.24) is 10.3 Å².